The number of nitrogens with one attached hydrogen (secondary N) is 1. The minimum Gasteiger partial charge on any atom is -0.479 e. The van der Waals surface area contributed by atoms with Crippen molar-refractivity contribution < 1.29 is 14.3 Å². The van der Waals surface area contributed by atoms with E-state index in [0.29, 0.717) is 12.3 Å². The average molecular weight is 262 g/mol. The van der Waals surface area contributed by atoms with E-state index in [2.05, 4.69) is 5.32 Å². The number of carbonyl (C=O) groups excluding carboxylic acids is 1. The summed E-state index contributed by atoms with van der Waals surface area (Å²) in [6.07, 6.45) is 0. The monoisotopic (exact) mass is 262 g/mol. The van der Waals surface area contributed by atoms with E-state index in [4.69, 9.17) is 14.7 Å². The zero-order chi connectivity index (χ0) is 14.3. The van der Waals surface area contributed by atoms with E-state index in [1.165, 1.54) is 7.11 Å². The maximum atomic E-state index is 11.5. The fraction of sp³-hybridized carbons (Fsp3) is 0.429. The van der Waals surface area contributed by atoms with Gasteiger partial charge in [0, 0.05) is 6.54 Å². The molecule has 0 bridgehead atoms. The molecule has 0 aromatic heterocycles. The third kappa shape index (κ3) is 4.60. The Hall–Kier alpha value is -2.06. The summed E-state index contributed by atoms with van der Waals surface area (Å²) in [5, 5.41) is 11.5. The predicted octanol–water partition coefficient (Wildman–Crippen LogP) is 1.63. The van der Waals surface area contributed by atoms with Gasteiger partial charge in [0.15, 0.2) is 6.61 Å². The van der Waals surface area contributed by atoms with Crippen LogP contribution in [0.1, 0.15) is 19.4 Å². The Morgan fingerprint density at radius 1 is 1.37 bits per heavy atom. The molecule has 0 saturated carbocycles. The van der Waals surface area contributed by atoms with Crippen LogP contribution in [0.3, 0.4) is 0 Å². The number of nitrogens with zero attached hydrogens (tertiary/aromatic N) is 1. The van der Waals surface area contributed by atoms with Crippen molar-refractivity contribution in [2.24, 2.45) is 0 Å². The molecule has 5 nitrogen and oxygen atoms in total. The van der Waals surface area contributed by atoms with Gasteiger partial charge < -0.3 is 9.47 Å². The Morgan fingerprint density at radius 3 is 2.53 bits per heavy atom. The smallest absolute Gasteiger partial charge is 0.325 e. The largest absolute Gasteiger partial charge is 0.479 e. The minimum absolute atomic E-state index is 0.0347. The van der Waals surface area contributed by atoms with Gasteiger partial charge in [-0.25, -0.2) is 0 Å². The molecule has 0 aliphatic carbocycles. The first-order valence-electron chi connectivity index (χ1n) is 5.91. The second-order valence-electron chi connectivity index (χ2n) is 4.56. The van der Waals surface area contributed by atoms with Crippen molar-refractivity contribution in [1.82, 2.24) is 5.32 Å². The molecule has 0 unspecified atom stereocenters. The molecular formula is C14H18N2O3. The highest BCUT2D eigenvalue weighted by Gasteiger charge is 2.27. The zero-order valence-electron chi connectivity index (χ0n) is 11.4. The van der Waals surface area contributed by atoms with Crippen LogP contribution in [-0.4, -0.2) is 25.2 Å². The minimum atomic E-state index is -0.731. The van der Waals surface area contributed by atoms with E-state index in [1.54, 1.807) is 26.0 Å². The summed E-state index contributed by atoms with van der Waals surface area (Å²) in [5.74, 6) is 0.346. The fourth-order valence-electron chi connectivity index (χ4n) is 1.47. The number of nitriles is 1. The van der Waals surface area contributed by atoms with Crippen molar-refractivity contribution >= 4 is 5.97 Å². The second kappa shape index (κ2) is 6.76. The Morgan fingerprint density at radius 2 is 2.00 bits per heavy atom. The predicted molar refractivity (Wildman–Crippen MR) is 70.5 cm³/mol. The quantitative estimate of drug-likeness (QED) is 0.789. The highest BCUT2D eigenvalue weighted by molar-refractivity contribution is 5.79. The molecule has 1 N–H and O–H groups in total. The number of ether oxygens (including phenoxy) is 2. The summed E-state index contributed by atoms with van der Waals surface area (Å²) < 4.78 is 9.87. The summed E-state index contributed by atoms with van der Waals surface area (Å²) in [6, 6.07) is 9.26. The van der Waals surface area contributed by atoms with Gasteiger partial charge >= 0.3 is 5.97 Å². The lowest BCUT2D eigenvalue weighted by molar-refractivity contribution is -0.147. The van der Waals surface area contributed by atoms with E-state index in [-0.39, 0.29) is 12.6 Å². The number of hydrogen-bond acceptors (Lipinski definition) is 5. The normalized spacial score (nSPS) is 10.6. The van der Waals surface area contributed by atoms with Gasteiger partial charge in [-0.05, 0) is 31.5 Å². The van der Waals surface area contributed by atoms with Crippen LogP contribution in [-0.2, 0) is 16.1 Å². The van der Waals surface area contributed by atoms with Crippen LogP contribution in [0.25, 0.3) is 0 Å². The van der Waals surface area contributed by atoms with Crippen molar-refractivity contribution in [2.75, 3.05) is 13.7 Å². The maximum Gasteiger partial charge on any atom is 0.325 e. The summed E-state index contributed by atoms with van der Waals surface area (Å²) in [6.45, 7) is 4.11. The van der Waals surface area contributed by atoms with Crippen LogP contribution in [0.5, 0.6) is 5.75 Å². The molecule has 0 heterocycles. The number of rotatable bonds is 6. The SMILES string of the molecule is COC(=O)C(C)(C)NCc1ccc(OCC#N)cc1. The Labute approximate surface area is 113 Å². The van der Waals surface area contributed by atoms with Crippen LogP contribution in [0, 0.1) is 11.3 Å². The van der Waals surface area contributed by atoms with Crippen LogP contribution >= 0.6 is 0 Å². The molecule has 0 aliphatic rings. The first kappa shape index (κ1) is 15.0. The van der Waals surface area contributed by atoms with E-state index in [1.807, 2.05) is 18.2 Å². The van der Waals surface area contributed by atoms with Gasteiger partial charge in [0.2, 0.25) is 0 Å². The topological polar surface area (TPSA) is 71.3 Å². The molecule has 0 fully saturated rings. The molecule has 0 atom stereocenters. The number of carbonyl (C=O) groups is 1. The van der Waals surface area contributed by atoms with Crippen LogP contribution in [0.2, 0.25) is 0 Å². The second-order valence-corrected chi connectivity index (χ2v) is 4.56. The summed E-state index contributed by atoms with van der Waals surface area (Å²) >= 11 is 0. The van der Waals surface area contributed by atoms with Crippen LogP contribution < -0.4 is 10.1 Å². The third-order valence-corrected chi connectivity index (χ3v) is 2.66. The first-order chi connectivity index (χ1) is 8.99. The Kier molecular flexibility index (Phi) is 5.34. The average Bonchev–Trinajstić information content (AvgIpc) is 2.43. The van der Waals surface area contributed by atoms with Crippen molar-refractivity contribution in [1.29, 1.82) is 5.26 Å². The standard InChI is InChI=1S/C14H18N2O3/c1-14(2,13(17)18-3)16-10-11-4-6-12(7-5-11)19-9-8-15/h4-7,16H,9-10H2,1-3H3. The molecule has 0 radical (unpaired) electrons. The molecule has 5 heteroatoms. The molecule has 102 valence electrons. The molecule has 0 aliphatic heterocycles. The molecule has 1 aromatic carbocycles. The molecular weight excluding hydrogens is 244 g/mol. The summed E-state index contributed by atoms with van der Waals surface area (Å²) in [4.78, 5) is 11.5. The molecule has 0 spiro atoms. The van der Waals surface area contributed by atoms with E-state index in [0.717, 1.165) is 5.56 Å². The third-order valence-electron chi connectivity index (χ3n) is 2.66. The van der Waals surface area contributed by atoms with E-state index >= 15 is 0 Å². The van der Waals surface area contributed by atoms with Gasteiger partial charge in [0.05, 0.1) is 7.11 Å². The lowest BCUT2D eigenvalue weighted by Gasteiger charge is -2.23. The summed E-state index contributed by atoms with van der Waals surface area (Å²) in [7, 11) is 1.37. The van der Waals surface area contributed by atoms with Crippen molar-refractivity contribution in [3.8, 4) is 11.8 Å². The lowest BCUT2D eigenvalue weighted by atomic mass is 10.1. The fourth-order valence-corrected chi connectivity index (χ4v) is 1.47. The van der Waals surface area contributed by atoms with Crippen molar-refractivity contribution in [3.63, 3.8) is 0 Å². The van der Waals surface area contributed by atoms with Gasteiger partial charge in [0.1, 0.15) is 17.4 Å². The van der Waals surface area contributed by atoms with Crippen molar-refractivity contribution in [2.45, 2.75) is 25.9 Å². The molecule has 1 aromatic rings. The molecule has 0 saturated heterocycles. The van der Waals surface area contributed by atoms with Gasteiger partial charge in [0.25, 0.3) is 0 Å². The van der Waals surface area contributed by atoms with E-state index in [9.17, 15) is 4.79 Å². The molecule has 1 rings (SSSR count). The van der Waals surface area contributed by atoms with Gasteiger partial charge in [-0.3, -0.25) is 10.1 Å². The Balaban J connectivity index is 2.55. The molecule has 0 amide bonds. The Bertz CT molecular complexity index is 461. The number of methoxy groups -OCH3 is 1. The van der Waals surface area contributed by atoms with Crippen LogP contribution in [0.15, 0.2) is 24.3 Å². The first-order valence-corrected chi connectivity index (χ1v) is 5.91. The van der Waals surface area contributed by atoms with Crippen LogP contribution in [0.4, 0.5) is 0 Å². The molecule has 19 heavy (non-hydrogen) atoms. The summed E-state index contributed by atoms with van der Waals surface area (Å²) in [5.41, 5.74) is 0.284. The van der Waals surface area contributed by atoms with Gasteiger partial charge in [-0.15, -0.1) is 0 Å². The van der Waals surface area contributed by atoms with E-state index < -0.39 is 5.54 Å². The van der Waals surface area contributed by atoms with Gasteiger partial charge in [-0.1, -0.05) is 12.1 Å². The highest BCUT2D eigenvalue weighted by Crippen LogP contribution is 2.13. The van der Waals surface area contributed by atoms with Crippen molar-refractivity contribution in [3.05, 3.63) is 29.8 Å². The zero-order valence-corrected chi connectivity index (χ0v) is 11.4. The number of benzene rings is 1. The lowest BCUT2D eigenvalue weighted by Crippen LogP contribution is -2.46. The number of hydrogen-bond donors (Lipinski definition) is 1. The number of esters is 1. The maximum absolute atomic E-state index is 11.5. The van der Waals surface area contributed by atoms with Gasteiger partial charge in [-0.2, -0.15) is 5.26 Å². The highest BCUT2D eigenvalue weighted by atomic mass is 16.5.